The number of benzene rings is 2. The van der Waals surface area contributed by atoms with Crippen LogP contribution in [0.25, 0.3) is 16.7 Å². The Bertz CT molecular complexity index is 1440. The first kappa shape index (κ1) is 20.8. The highest BCUT2D eigenvalue weighted by molar-refractivity contribution is 5.86. The highest BCUT2D eigenvalue weighted by Gasteiger charge is 2.21. The predicted octanol–water partition coefficient (Wildman–Crippen LogP) is 5.34. The van der Waals surface area contributed by atoms with E-state index in [2.05, 4.69) is 24.3 Å². The number of imidazole rings is 1. The molecule has 3 heterocycles. The molecule has 1 aliphatic rings. The number of fused-ring (bicyclic) bond motifs is 3. The van der Waals surface area contributed by atoms with E-state index in [1.165, 1.54) is 0 Å². The monoisotopic (exact) mass is 436 g/mol. The van der Waals surface area contributed by atoms with Gasteiger partial charge in [0, 0.05) is 22.9 Å². The van der Waals surface area contributed by atoms with Crippen molar-refractivity contribution >= 4 is 16.7 Å². The summed E-state index contributed by atoms with van der Waals surface area (Å²) in [4.78, 5) is 9.47. The van der Waals surface area contributed by atoms with E-state index in [0.717, 1.165) is 56.0 Å². The average Bonchev–Trinajstić information content (AvgIpc) is 3.05. The summed E-state index contributed by atoms with van der Waals surface area (Å²) in [5.74, 6) is 0.783. The molecule has 0 atom stereocenters. The van der Waals surface area contributed by atoms with Crippen LogP contribution >= 0.6 is 0 Å². The Morgan fingerprint density at radius 2 is 1.97 bits per heavy atom. The van der Waals surface area contributed by atoms with Crippen LogP contribution in [0, 0.1) is 25.2 Å². The van der Waals surface area contributed by atoms with Crippen LogP contribution in [0.5, 0.6) is 11.8 Å². The molecular weight excluding hydrogens is 412 g/mol. The van der Waals surface area contributed by atoms with Crippen molar-refractivity contribution in [2.75, 3.05) is 6.61 Å². The zero-order chi connectivity index (χ0) is 22.9. The summed E-state index contributed by atoms with van der Waals surface area (Å²) < 4.78 is 14.0. The Labute approximate surface area is 192 Å². The van der Waals surface area contributed by atoms with Crippen LogP contribution in [-0.4, -0.2) is 21.1 Å². The molecule has 164 valence electrons. The molecule has 6 heteroatoms. The normalized spacial score (nSPS) is 13.7. The van der Waals surface area contributed by atoms with Crippen LogP contribution in [0.2, 0.25) is 0 Å². The predicted molar refractivity (Wildman–Crippen MR) is 127 cm³/mol. The lowest BCUT2D eigenvalue weighted by atomic mass is 9.93. The van der Waals surface area contributed by atoms with Gasteiger partial charge in [-0.15, -0.1) is 0 Å². The first-order valence-electron chi connectivity index (χ1n) is 11.0. The second kappa shape index (κ2) is 8.44. The van der Waals surface area contributed by atoms with Crippen molar-refractivity contribution in [3.05, 3.63) is 88.1 Å². The van der Waals surface area contributed by atoms with Gasteiger partial charge in [-0.1, -0.05) is 30.3 Å². The number of nitriles is 1. The van der Waals surface area contributed by atoms with Gasteiger partial charge in [-0.2, -0.15) is 10.2 Å². The molecule has 5 rings (SSSR count). The number of aromatic nitrogens is 3. The molecule has 0 saturated heterocycles. The van der Waals surface area contributed by atoms with Gasteiger partial charge in [-0.05, 0) is 61.2 Å². The van der Waals surface area contributed by atoms with E-state index in [0.29, 0.717) is 25.8 Å². The van der Waals surface area contributed by atoms with Crippen LogP contribution in [0.1, 0.15) is 40.4 Å². The fourth-order valence-corrected chi connectivity index (χ4v) is 4.41. The van der Waals surface area contributed by atoms with Gasteiger partial charge in [-0.3, -0.25) is 4.57 Å². The minimum Gasteiger partial charge on any atom is -0.488 e. The van der Waals surface area contributed by atoms with Crippen molar-refractivity contribution < 1.29 is 9.47 Å². The summed E-state index contributed by atoms with van der Waals surface area (Å²) in [6, 6.07) is 18.9. The largest absolute Gasteiger partial charge is 0.488 e. The third-order valence-corrected chi connectivity index (χ3v) is 5.83. The first-order chi connectivity index (χ1) is 16.1. The number of rotatable bonds is 4. The molecule has 1 aliphatic heterocycles. The summed E-state index contributed by atoms with van der Waals surface area (Å²) >= 11 is 0. The molecule has 0 N–H and O–H groups in total. The molecule has 0 saturated carbocycles. The van der Waals surface area contributed by atoms with Crippen molar-refractivity contribution in [3.8, 4) is 17.8 Å². The van der Waals surface area contributed by atoms with E-state index in [9.17, 15) is 5.26 Å². The minimum atomic E-state index is 0.433. The van der Waals surface area contributed by atoms with Gasteiger partial charge in [0.05, 0.1) is 19.2 Å². The van der Waals surface area contributed by atoms with Crippen LogP contribution < -0.4 is 9.47 Å². The third kappa shape index (κ3) is 3.72. The van der Waals surface area contributed by atoms with Crippen molar-refractivity contribution in [2.45, 2.75) is 33.9 Å². The maximum absolute atomic E-state index is 9.42. The number of nitrogens with zero attached hydrogens (tertiary/aromatic N) is 4. The maximum atomic E-state index is 9.42. The number of para-hydroxylation sites is 1. The van der Waals surface area contributed by atoms with Gasteiger partial charge in [-0.25, -0.2) is 4.98 Å². The van der Waals surface area contributed by atoms with Gasteiger partial charge in [0.2, 0.25) is 0 Å². The highest BCUT2D eigenvalue weighted by Crippen LogP contribution is 2.37. The van der Waals surface area contributed by atoms with Crippen molar-refractivity contribution in [1.82, 2.24) is 14.5 Å². The average molecular weight is 437 g/mol. The van der Waals surface area contributed by atoms with Crippen LogP contribution in [0.4, 0.5) is 0 Å². The lowest BCUT2D eigenvalue weighted by Crippen LogP contribution is -2.07. The van der Waals surface area contributed by atoms with E-state index in [1.54, 1.807) is 6.08 Å². The van der Waals surface area contributed by atoms with Gasteiger partial charge in [0.15, 0.2) is 5.65 Å². The molecular formula is C27H24N4O2. The second-order valence-corrected chi connectivity index (χ2v) is 8.13. The Kier molecular flexibility index (Phi) is 5.31. The molecule has 2 aromatic heterocycles. The van der Waals surface area contributed by atoms with Gasteiger partial charge >= 0.3 is 0 Å². The molecule has 2 aromatic carbocycles. The summed E-state index contributed by atoms with van der Waals surface area (Å²) in [7, 11) is 0. The molecule has 4 aromatic rings. The molecule has 0 bridgehead atoms. The second-order valence-electron chi connectivity index (χ2n) is 8.13. The number of hydrogen-bond acceptors (Lipinski definition) is 5. The van der Waals surface area contributed by atoms with E-state index in [1.807, 2.05) is 55.7 Å². The molecule has 0 aliphatic carbocycles. The number of hydrogen-bond donors (Lipinski definition) is 0. The van der Waals surface area contributed by atoms with Crippen molar-refractivity contribution in [2.24, 2.45) is 0 Å². The van der Waals surface area contributed by atoms with Crippen LogP contribution in [0.15, 0.2) is 54.6 Å². The first-order valence-corrected chi connectivity index (χ1v) is 11.0. The van der Waals surface area contributed by atoms with Crippen molar-refractivity contribution in [3.63, 3.8) is 0 Å². The lowest BCUT2D eigenvalue weighted by molar-refractivity contribution is 0.300. The number of aryl methyl sites for hydroxylation is 2. The summed E-state index contributed by atoms with van der Waals surface area (Å²) in [6.07, 6.45) is 1.60. The molecule has 6 nitrogen and oxygen atoms in total. The van der Waals surface area contributed by atoms with Crippen LogP contribution in [-0.2, 0) is 13.2 Å². The fourth-order valence-electron chi connectivity index (χ4n) is 4.41. The van der Waals surface area contributed by atoms with Gasteiger partial charge in [0.1, 0.15) is 17.9 Å². The van der Waals surface area contributed by atoms with E-state index in [4.69, 9.17) is 19.4 Å². The van der Waals surface area contributed by atoms with E-state index < -0.39 is 0 Å². The Morgan fingerprint density at radius 3 is 2.79 bits per heavy atom. The summed E-state index contributed by atoms with van der Waals surface area (Å²) in [6.45, 7) is 7.52. The molecule has 0 unspecified atom stereocenters. The molecule has 0 radical (unpaired) electrons. The van der Waals surface area contributed by atoms with Gasteiger partial charge in [0.25, 0.3) is 6.01 Å². The lowest BCUT2D eigenvalue weighted by Gasteiger charge is -2.13. The number of ether oxygens (including phenoxy) is 2. The molecule has 0 fully saturated rings. The van der Waals surface area contributed by atoms with Crippen LogP contribution in [0.3, 0.4) is 0 Å². The quantitative estimate of drug-likeness (QED) is 0.404. The SMILES string of the molecule is CCOc1nc2c(C)cc(C)nc2n1Cc1ccc2c(c1)COc1ccccc1C2=CC#N. The third-order valence-electron chi connectivity index (χ3n) is 5.83. The molecule has 33 heavy (non-hydrogen) atoms. The Hall–Kier alpha value is -4.11. The van der Waals surface area contributed by atoms with E-state index in [-0.39, 0.29) is 0 Å². The minimum absolute atomic E-state index is 0.433. The fraction of sp³-hybridized carbons (Fsp3) is 0.222. The number of allylic oxidation sites excluding steroid dienone is 1. The standard InChI is InChI=1S/C27H24N4O2/c1-4-32-27-30-25-17(2)13-18(3)29-26(25)31(27)15-19-9-10-21-20(14-19)16-33-24-8-6-5-7-23(24)22(21)11-12-28/h5-11,13-14H,4,15-16H2,1-3H3. The zero-order valence-corrected chi connectivity index (χ0v) is 18.9. The molecule has 0 spiro atoms. The topological polar surface area (TPSA) is 73.0 Å². The highest BCUT2D eigenvalue weighted by atomic mass is 16.5. The smallest absolute Gasteiger partial charge is 0.298 e. The number of pyridine rings is 1. The summed E-state index contributed by atoms with van der Waals surface area (Å²) in [5.41, 5.74) is 8.64. The van der Waals surface area contributed by atoms with Gasteiger partial charge < -0.3 is 9.47 Å². The summed E-state index contributed by atoms with van der Waals surface area (Å²) in [5, 5.41) is 9.42. The van der Waals surface area contributed by atoms with E-state index >= 15 is 0 Å². The zero-order valence-electron chi connectivity index (χ0n) is 18.9. The molecule has 0 amide bonds. The Morgan fingerprint density at radius 1 is 1.12 bits per heavy atom. The van der Waals surface area contributed by atoms with Crippen molar-refractivity contribution in [1.29, 1.82) is 5.26 Å². The maximum Gasteiger partial charge on any atom is 0.298 e. The Balaban J connectivity index is 1.59.